The Morgan fingerprint density at radius 2 is 1.40 bits per heavy atom. The predicted octanol–water partition coefficient (Wildman–Crippen LogP) is 11.0. The minimum atomic E-state index is -0.309. The van der Waals surface area contributed by atoms with Gasteiger partial charge in [-0.1, -0.05) is 80.6 Å². The Morgan fingerprint density at radius 3 is 2.05 bits per heavy atom. The van der Waals surface area contributed by atoms with Crippen LogP contribution < -0.4 is 15.6 Å². The number of hydrogen-bond acceptors (Lipinski definition) is 4. The monoisotopic (exact) mass is 774 g/mol. The van der Waals surface area contributed by atoms with Crippen LogP contribution in [-0.4, -0.2) is 32.5 Å². The summed E-state index contributed by atoms with van der Waals surface area (Å²) in [5.74, 6) is -0.309. The molecule has 8 rings (SSSR count). The van der Waals surface area contributed by atoms with Gasteiger partial charge in [-0.2, -0.15) is 4.58 Å². The van der Waals surface area contributed by atoms with E-state index in [-0.39, 0.29) is 32.6 Å². The molecular weight excluding hydrogens is 721 g/mol. The highest BCUT2D eigenvalue weighted by atomic mass is 32.1. The van der Waals surface area contributed by atoms with Crippen LogP contribution >= 0.6 is 12.2 Å². The van der Waals surface area contributed by atoms with Crippen molar-refractivity contribution in [3.05, 3.63) is 146 Å². The number of aromatic nitrogens is 2. The Hall–Kier alpha value is -5.27. The molecule has 0 fully saturated rings. The summed E-state index contributed by atoms with van der Waals surface area (Å²) in [6.07, 6.45) is 11.3. The number of allylic oxidation sites excluding steroid dienone is 8. The minimum absolute atomic E-state index is 0.223. The van der Waals surface area contributed by atoms with Crippen LogP contribution in [0, 0.1) is 4.77 Å². The largest absolute Gasteiger partial charge is 0.859 e. The lowest BCUT2D eigenvalue weighted by atomic mass is 9.78. The average molecular weight is 775 g/mol. The maximum absolute atomic E-state index is 14.5. The van der Waals surface area contributed by atoms with Gasteiger partial charge >= 0.3 is 0 Å². The highest BCUT2D eigenvalue weighted by molar-refractivity contribution is 7.71. The van der Waals surface area contributed by atoms with Crippen LogP contribution in [0.4, 0.5) is 11.4 Å². The van der Waals surface area contributed by atoms with Gasteiger partial charge in [0.15, 0.2) is 10.5 Å². The first-order valence-corrected chi connectivity index (χ1v) is 21.2. The fourth-order valence-corrected chi connectivity index (χ4v) is 10.6. The van der Waals surface area contributed by atoms with Crippen molar-refractivity contribution >= 4 is 56.4 Å². The molecule has 0 saturated carbocycles. The molecule has 0 atom stereocenters. The molecule has 0 radical (unpaired) electrons. The number of rotatable bonds is 8. The van der Waals surface area contributed by atoms with Crippen molar-refractivity contribution < 1.29 is 9.68 Å². The predicted molar refractivity (Wildman–Crippen MR) is 239 cm³/mol. The number of anilines is 1. The Morgan fingerprint density at radius 1 is 0.754 bits per heavy atom. The van der Waals surface area contributed by atoms with Gasteiger partial charge in [-0.25, -0.2) is 0 Å². The van der Waals surface area contributed by atoms with Crippen LogP contribution in [-0.2, 0) is 23.9 Å². The summed E-state index contributed by atoms with van der Waals surface area (Å²) < 4.78 is 5.88. The molecule has 1 aliphatic carbocycles. The highest BCUT2D eigenvalue weighted by Crippen LogP contribution is 2.51. The molecule has 0 bridgehead atoms. The van der Waals surface area contributed by atoms with Gasteiger partial charge < -0.3 is 14.6 Å². The van der Waals surface area contributed by atoms with Crippen molar-refractivity contribution in [2.24, 2.45) is 0 Å². The second-order valence-corrected chi connectivity index (χ2v) is 16.9. The lowest BCUT2D eigenvalue weighted by Gasteiger charge is -2.29. The van der Waals surface area contributed by atoms with E-state index in [0.29, 0.717) is 13.1 Å². The second kappa shape index (κ2) is 14.6. The smallest absolute Gasteiger partial charge is 0.261 e. The van der Waals surface area contributed by atoms with E-state index in [2.05, 4.69) is 148 Å². The molecule has 0 unspecified atom stereocenters. The summed E-state index contributed by atoms with van der Waals surface area (Å²) in [7, 11) is 0. The van der Waals surface area contributed by atoms with Gasteiger partial charge in [0.2, 0.25) is 5.69 Å². The van der Waals surface area contributed by atoms with Crippen molar-refractivity contribution in [1.82, 2.24) is 9.13 Å². The van der Waals surface area contributed by atoms with E-state index < -0.39 is 0 Å². The van der Waals surface area contributed by atoms with Gasteiger partial charge in [0.25, 0.3) is 5.56 Å². The van der Waals surface area contributed by atoms with Crippen molar-refractivity contribution in [3.8, 4) is 5.88 Å². The maximum atomic E-state index is 14.5. The Labute approximate surface area is 342 Å². The number of likely N-dealkylation sites (N-methyl/N-ethyl adjacent to an activating group) is 1. The fourth-order valence-electron chi connectivity index (χ4n) is 10.1. The number of fused-ring (bicyclic) bond motifs is 6. The Bertz CT molecular complexity index is 2770. The summed E-state index contributed by atoms with van der Waals surface area (Å²) >= 11 is 5.73. The number of hydrogen-bond donors (Lipinski definition) is 0. The van der Waals surface area contributed by atoms with E-state index in [9.17, 15) is 9.90 Å². The molecule has 3 aliphatic rings. The molecule has 6 nitrogen and oxygen atoms in total. The molecule has 7 heteroatoms. The summed E-state index contributed by atoms with van der Waals surface area (Å²) in [6, 6.07) is 26.2. The zero-order chi connectivity index (χ0) is 40.4. The minimum Gasteiger partial charge on any atom is -0.859 e. The first-order chi connectivity index (χ1) is 27.4. The first-order valence-electron chi connectivity index (χ1n) is 20.7. The molecule has 292 valence electrons. The third-order valence-corrected chi connectivity index (χ3v) is 13.3. The van der Waals surface area contributed by atoms with Gasteiger partial charge in [-0.3, -0.25) is 9.36 Å². The van der Waals surface area contributed by atoms with Crippen molar-refractivity contribution in [1.29, 1.82) is 0 Å². The molecular formula is C50H54N4O2S. The van der Waals surface area contributed by atoms with Crippen LogP contribution in [0.3, 0.4) is 0 Å². The van der Waals surface area contributed by atoms with E-state index >= 15 is 0 Å². The fraction of sp³-hybridized carbons (Fsp3) is 0.340. The average Bonchev–Trinajstić information content (AvgIpc) is 3.57. The molecule has 4 aromatic carbocycles. The molecule has 1 aromatic heterocycles. The molecule has 2 aliphatic heterocycles. The van der Waals surface area contributed by atoms with Gasteiger partial charge in [-0.15, -0.1) is 0 Å². The van der Waals surface area contributed by atoms with E-state index in [0.717, 1.165) is 49.1 Å². The Kier molecular flexibility index (Phi) is 9.88. The maximum Gasteiger partial charge on any atom is 0.261 e. The van der Waals surface area contributed by atoms with Gasteiger partial charge in [0.1, 0.15) is 6.54 Å². The van der Waals surface area contributed by atoms with E-state index in [1.54, 1.807) is 9.13 Å². The standard InChI is InChI=1S/C50H54N4O2S/c1-9-51-38-28-24-32-18-13-15-22-36(32)44(38)49(5,6)40(51)30-26-34-20-17-21-35(42(34)43-46(55)53(11-3)48(57)54(12-4)47(43)56)27-31-41-50(7,8)45-37-23-16-14-19-33(37)25-29-39(45)52(41)10-2/h13-16,18-19,22-31H,9-12,17,20-21H2,1-8H3/b34-26+,40-30+. The quantitative estimate of drug-likeness (QED) is 0.116. The van der Waals surface area contributed by atoms with Crippen LogP contribution in [0.1, 0.15) is 91.3 Å². The summed E-state index contributed by atoms with van der Waals surface area (Å²) in [4.78, 5) is 17.0. The zero-order valence-corrected chi connectivity index (χ0v) is 35.5. The molecule has 0 saturated heterocycles. The summed E-state index contributed by atoms with van der Waals surface area (Å²) in [6.45, 7) is 19.9. The molecule has 57 heavy (non-hydrogen) atoms. The number of benzene rings is 4. The third kappa shape index (κ3) is 5.91. The summed E-state index contributed by atoms with van der Waals surface area (Å²) in [5, 5.41) is 19.5. The van der Waals surface area contributed by atoms with Crippen molar-refractivity contribution in [2.45, 2.75) is 98.6 Å². The zero-order valence-electron chi connectivity index (χ0n) is 34.7. The molecule has 0 amide bonds. The highest BCUT2D eigenvalue weighted by Gasteiger charge is 2.45. The van der Waals surface area contributed by atoms with E-state index in [1.165, 1.54) is 55.5 Å². The molecule has 5 aromatic rings. The lowest BCUT2D eigenvalue weighted by Crippen LogP contribution is -2.31. The van der Waals surface area contributed by atoms with Crippen LogP contribution in [0.25, 0.3) is 27.1 Å². The second-order valence-electron chi connectivity index (χ2n) is 16.6. The van der Waals surface area contributed by atoms with Crippen LogP contribution in [0.5, 0.6) is 5.88 Å². The van der Waals surface area contributed by atoms with E-state index in [1.807, 2.05) is 13.8 Å². The van der Waals surface area contributed by atoms with Crippen molar-refractivity contribution in [2.75, 3.05) is 18.0 Å². The third-order valence-electron chi connectivity index (χ3n) is 12.8. The molecule has 3 heterocycles. The van der Waals surface area contributed by atoms with Crippen LogP contribution in [0.15, 0.2) is 119 Å². The van der Waals surface area contributed by atoms with Gasteiger partial charge in [0, 0.05) is 54.1 Å². The molecule has 0 spiro atoms. The first kappa shape index (κ1) is 38.6. The normalized spacial score (nSPS) is 18.9. The SMILES string of the molecule is CCN1/C(=C/C=C2\CCCC(/C=C/C3=[N+](CC)c4ccc5ccccc5c4C3(C)C)=C2c2c([O-])n(CC)c(=S)n(CC)c2=O)C(C)(C)c2c1ccc1ccccc21. The topological polar surface area (TPSA) is 56.2 Å². The van der Waals surface area contributed by atoms with Crippen LogP contribution in [0.2, 0.25) is 0 Å². The number of nitrogens with zero attached hydrogens (tertiary/aromatic N) is 4. The Balaban J connectivity index is 1.34. The summed E-state index contributed by atoms with van der Waals surface area (Å²) in [5.41, 5.74) is 9.69. The molecule has 0 N–H and O–H groups in total. The van der Waals surface area contributed by atoms with Gasteiger partial charge in [-0.05, 0) is 141 Å². The van der Waals surface area contributed by atoms with Crippen molar-refractivity contribution in [3.63, 3.8) is 0 Å². The van der Waals surface area contributed by atoms with E-state index in [4.69, 9.17) is 12.2 Å². The lowest BCUT2D eigenvalue weighted by molar-refractivity contribution is -0.433. The van der Waals surface area contributed by atoms with Gasteiger partial charge in [0.05, 0.1) is 11.0 Å².